The van der Waals surface area contributed by atoms with Gasteiger partial charge in [0, 0.05) is 10.7 Å². The van der Waals surface area contributed by atoms with E-state index in [0.717, 1.165) is 11.1 Å². The normalized spacial score (nSPS) is 11.6. The number of nitrogens with zero attached hydrogens (tertiary/aromatic N) is 1. The maximum absolute atomic E-state index is 12.2. The third-order valence-corrected chi connectivity index (χ3v) is 4.50. The van der Waals surface area contributed by atoms with Crippen molar-refractivity contribution < 1.29 is 18.7 Å². The molecule has 3 aromatic rings. The van der Waals surface area contributed by atoms with Crippen molar-refractivity contribution >= 4 is 29.3 Å². The van der Waals surface area contributed by atoms with E-state index in [1.54, 1.807) is 43.3 Å². The van der Waals surface area contributed by atoms with E-state index in [2.05, 4.69) is 15.6 Å². The largest absolute Gasteiger partial charge is 0.448 e. The Kier molecular flexibility index (Phi) is 6.51. The number of oxazole rings is 1. The Labute approximate surface area is 173 Å². The van der Waals surface area contributed by atoms with Crippen molar-refractivity contribution in [1.82, 2.24) is 10.3 Å². The molecule has 29 heavy (non-hydrogen) atoms. The number of hydrogen-bond donors (Lipinski definition) is 2. The zero-order valence-corrected chi connectivity index (χ0v) is 16.7. The summed E-state index contributed by atoms with van der Waals surface area (Å²) in [5.74, 6) is 0.156. The molecule has 7 nitrogen and oxygen atoms in total. The van der Waals surface area contributed by atoms with E-state index in [0.29, 0.717) is 16.5 Å². The first kappa shape index (κ1) is 20.4. The van der Waals surface area contributed by atoms with Crippen molar-refractivity contribution in [2.75, 3.05) is 5.32 Å². The highest BCUT2D eigenvalue weighted by molar-refractivity contribution is 6.30. The van der Waals surface area contributed by atoms with Gasteiger partial charge in [0.05, 0.1) is 6.04 Å². The molecule has 2 N–H and O–H groups in total. The Balaban J connectivity index is 1.51. The van der Waals surface area contributed by atoms with Gasteiger partial charge in [0.1, 0.15) is 12.4 Å². The predicted octanol–water partition coefficient (Wildman–Crippen LogP) is 4.88. The molecular weight excluding hydrogens is 394 g/mol. The predicted molar refractivity (Wildman–Crippen MR) is 109 cm³/mol. The van der Waals surface area contributed by atoms with Crippen molar-refractivity contribution in [2.24, 2.45) is 0 Å². The van der Waals surface area contributed by atoms with Crippen LogP contribution < -0.4 is 10.6 Å². The Bertz CT molecular complexity index is 984. The highest BCUT2D eigenvalue weighted by Gasteiger charge is 2.16. The van der Waals surface area contributed by atoms with Crippen molar-refractivity contribution in [3.8, 4) is 0 Å². The highest BCUT2D eigenvalue weighted by atomic mass is 35.5. The lowest BCUT2D eigenvalue weighted by Gasteiger charge is -2.14. The van der Waals surface area contributed by atoms with Crippen LogP contribution in [0.2, 0.25) is 5.02 Å². The zero-order chi connectivity index (χ0) is 20.8. The molecule has 0 radical (unpaired) electrons. The van der Waals surface area contributed by atoms with Gasteiger partial charge in [-0.2, -0.15) is 0 Å². The number of benzene rings is 2. The molecule has 0 fully saturated rings. The maximum Gasteiger partial charge on any atom is 0.411 e. The molecule has 2 aromatic carbocycles. The van der Waals surface area contributed by atoms with Crippen LogP contribution in [-0.4, -0.2) is 17.0 Å². The highest BCUT2D eigenvalue weighted by Crippen LogP contribution is 2.18. The van der Waals surface area contributed by atoms with Gasteiger partial charge in [-0.3, -0.25) is 10.1 Å². The zero-order valence-electron chi connectivity index (χ0n) is 15.9. The van der Waals surface area contributed by atoms with E-state index in [1.807, 2.05) is 19.1 Å². The molecular formula is C21H20ClN3O4. The van der Waals surface area contributed by atoms with E-state index >= 15 is 0 Å². The first-order valence-electron chi connectivity index (χ1n) is 8.91. The summed E-state index contributed by atoms with van der Waals surface area (Å²) >= 11 is 5.83. The van der Waals surface area contributed by atoms with Crippen LogP contribution in [0.4, 0.5) is 10.5 Å². The number of hydrogen-bond acceptors (Lipinski definition) is 5. The molecule has 1 aromatic heterocycles. The van der Waals surface area contributed by atoms with Crippen LogP contribution in [0.5, 0.6) is 0 Å². The molecule has 1 atom stereocenters. The molecule has 0 aliphatic heterocycles. The molecule has 8 heteroatoms. The monoisotopic (exact) mass is 413 g/mol. The molecule has 0 saturated carbocycles. The topological polar surface area (TPSA) is 93.5 Å². The molecule has 0 aliphatic carbocycles. The van der Waals surface area contributed by atoms with Gasteiger partial charge in [0.15, 0.2) is 12.1 Å². The summed E-state index contributed by atoms with van der Waals surface area (Å²) in [4.78, 5) is 28.1. The van der Waals surface area contributed by atoms with Gasteiger partial charge in [-0.1, -0.05) is 35.9 Å². The molecule has 0 unspecified atom stereocenters. The molecule has 2 amide bonds. The smallest absolute Gasteiger partial charge is 0.411 e. The second-order valence-electron chi connectivity index (χ2n) is 6.40. The second kappa shape index (κ2) is 9.25. The minimum absolute atomic E-state index is 0.144. The van der Waals surface area contributed by atoms with Crippen LogP contribution in [0.3, 0.4) is 0 Å². The van der Waals surface area contributed by atoms with Gasteiger partial charge in [-0.15, -0.1) is 0 Å². The van der Waals surface area contributed by atoms with E-state index in [-0.39, 0.29) is 24.2 Å². The standard InChI is InChI=1S/C21H20ClN3O4/c1-13(24-20(26)19-14(2)29-12-23-19)16-5-9-18(10-6-16)25-21(27)28-11-15-3-7-17(22)8-4-15/h3-10,12-13H,11H2,1-2H3,(H,24,26)(H,25,27)/t13-/m0/s1. The SMILES string of the molecule is Cc1ocnc1C(=O)N[C@@H](C)c1ccc(NC(=O)OCc2ccc(Cl)cc2)cc1. The number of aromatic nitrogens is 1. The molecule has 1 heterocycles. The summed E-state index contributed by atoms with van der Waals surface area (Å²) in [6, 6.07) is 13.9. The Morgan fingerprint density at radius 3 is 2.45 bits per heavy atom. The van der Waals surface area contributed by atoms with Crippen LogP contribution in [0.1, 0.15) is 40.3 Å². The maximum atomic E-state index is 12.2. The minimum atomic E-state index is -0.560. The molecule has 0 spiro atoms. The Hall–Kier alpha value is -3.32. The average molecular weight is 414 g/mol. The fourth-order valence-electron chi connectivity index (χ4n) is 2.61. The lowest BCUT2D eigenvalue weighted by Crippen LogP contribution is -2.27. The number of rotatable bonds is 6. The Morgan fingerprint density at radius 2 is 1.83 bits per heavy atom. The molecule has 0 aliphatic rings. The fraction of sp³-hybridized carbons (Fsp3) is 0.190. The van der Waals surface area contributed by atoms with Gasteiger partial charge in [-0.25, -0.2) is 9.78 Å². The van der Waals surface area contributed by atoms with E-state index in [9.17, 15) is 9.59 Å². The minimum Gasteiger partial charge on any atom is -0.448 e. The number of anilines is 1. The number of amides is 2. The van der Waals surface area contributed by atoms with Gasteiger partial charge < -0.3 is 14.5 Å². The molecule has 0 saturated heterocycles. The Morgan fingerprint density at radius 1 is 1.14 bits per heavy atom. The fourth-order valence-corrected chi connectivity index (χ4v) is 2.74. The van der Waals surface area contributed by atoms with Gasteiger partial charge in [0.25, 0.3) is 5.91 Å². The third kappa shape index (κ3) is 5.58. The van der Waals surface area contributed by atoms with Crippen LogP contribution in [0, 0.1) is 6.92 Å². The van der Waals surface area contributed by atoms with Gasteiger partial charge >= 0.3 is 6.09 Å². The first-order chi connectivity index (χ1) is 13.9. The summed E-state index contributed by atoms with van der Waals surface area (Å²) < 4.78 is 10.2. The number of aryl methyl sites for hydroxylation is 1. The van der Waals surface area contributed by atoms with Crippen LogP contribution in [-0.2, 0) is 11.3 Å². The number of halogens is 1. The third-order valence-electron chi connectivity index (χ3n) is 4.25. The number of nitrogens with one attached hydrogen (secondary N) is 2. The van der Waals surface area contributed by atoms with E-state index < -0.39 is 6.09 Å². The molecule has 150 valence electrons. The summed E-state index contributed by atoms with van der Waals surface area (Å²) in [7, 11) is 0. The van der Waals surface area contributed by atoms with Crippen molar-refractivity contribution in [2.45, 2.75) is 26.5 Å². The van der Waals surface area contributed by atoms with Crippen molar-refractivity contribution in [1.29, 1.82) is 0 Å². The summed E-state index contributed by atoms with van der Waals surface area (Å²) in [6.45, 7) is 3.68. The quantitative estimate of drug-likeness (QED) is 0.600. The summed E-state index contributed by atoms with van der Waals surface area (Å²) in [6.07, 6.45) is 0.678. The van der Waals surface area contributed by atoms with Crippen molar-refractivity contribution in [3.63, 3.8) is 0 Å². The van der Waals surface area contributed by atoms with E-state index in [4.69, 9.17) is 20.8 Å². The molecule has 0 bridgehead atoms. The van der Waals surface area contributed by atoms with Crippen molar-refractivity contribution in [3.05, 3.63) is 82.5 Å². The lowest BCUT2D eigenvalue weighted by molar-refractivity contribution is 0.0934. The second-order valence-corrected chi connectivity index (χ2v) is 6.84. The van der Waals surface area contributed by atoms with Crippen LogP contribution in [0.25, 0.3) is 0 Å². The summed E-state index contributed by atoms with van der Waals surface area (Å²) in [5.41, 5.74) is 2.56. The number of carbonyl (C=O) groups is 2. The average Bonchev–Trinajstić information content (AvgIpc) is 3.14. The molecule has 3 rings (SSSR count). The lowest BCUT2D eigenvalue weighted by atomic mass is 10.1. The van der Waals surface area contributed by atoms with Gasteiger partial charge in [0.2, 0.25) is 0 Å². The summed E-state index contributed by atoms with van der Waals surface area (Å²) in [5, 5.41) is 6.15. The number of carbonyl (C=O) groups excluding carboxylic acids is 2. The number of ether oxygens (including phenoxy) is 1. The van der Waals surface area contributed by atoms with Crippen LogP contribution >= 0.6 is 11.6 Å². The van der Waals surface area contributed by atoms with Gasteiger partial charge in [-0.05, 0) is 49.2 Å². The van der Waals surface area contributed by atoms with Crippen LogP contribution in [0.15, 0.2) is 59.3 Å². The van der Waals surface area contributed by atoms with E-state index in [1.165, 1.54) is 6.39 Å². The first-order valence-corrected chi connectivity index (χ1v) is 9.29.